The average Bonchev–Trinajstić information content (AvgIpc) is 2.64. The molecule has 0 radical (unpaired) electrons. The third-order valence-corrected chi connectivity index (χ3v) is 4.67. The van der Waals surface area contributed by atoms with E-state index < -0.39 is 6.10 Å². The standard InChI is InChI=1S/C18H20ClN3O3/c1-25-13-3-2-11-7-14(20-9-12(11)6-13)16(23)4-5-17(24)15-8-18(19)22-10-21-15/h2-3,6,8,10,14,16,20,23H,4-5,7,9H2,1H3/t14-,16+/m0/s1. The summed E-state index contributed by atoms with van der Waals surface area (Å²) in [6.07, 6.45) is 1.94. The lowest BCUT2D eigenvalue weighted by molar-refractivity contribution is 0.0873. The number of benzene rings is 1. The van der Waals surface area contributed by atoms with Gasteiger partial charge in [-0.25, -0.2) is 9.97 Å². The van der Waals surface area contributed by atoms with Crippen LogP contribution in [0.1, 0.15) is 34.5 Å². The van der Waals surface area contributed by atoms with Crippen LogP contribution < -0.4 is 10.1 Å². The summed E-state index contributed by atoms with van der Waals surface area (Å²) in [4.78, 5) is 19.8. The Balaban J connectivity index is 1.57. The van der Waals surface area contributed by atoms with Crippen LogP contribution in [0, 0.1) is 0 Å². The number of carbonyl (C=O) groups is 1. The average molecular weight is 362 g/mol. The molecule has 0 fully saturated rings. The Morgan fingerprint density at radius 3 is 3.00 bits per heavy atom. The number of hydrogen-bond acceptors (Lipinski definition) is 6. The number of aliphatic hydroxyl groups excluding tert-OH is 1. The van der Waals surface area contributed by atoms with Crippen LogP contribution in [0.2, 0.25) is 5.15 Å². The van der Waals surface area contributed by atoms with E-state index in [9.17, 15) is 9.90 Å². The normalized spacial score (nSPS) is 17.6. The minimum absolute atomic E-state index is 0.0808. The number of hydrogen-bond donors (Lipinski definition) is 2. The number of Topliss-reactive ketones (excluding diaryl/α,β-unsaturated/α-hetero) is 1. The van der Waals surface area contributed by atoms with Crippen LogP contribution >= 0.6 is 11.6 Å². The highest BCUT2D eigenvalue weighted by molar-refractivity contribution is 6.29. The summed E-state index contributed by atoms with van der Waals surface area (Å²) in [6, 6.07) is 7.33. The molecular weight excluding hydrogens is 342 g/mol. The van der Waals surface area contributed by atoms with Crippen molar-refractivity contribution in [2.75, 3.05) is 7.11 Å². The van der Waals surface area contributed by atoms with Gasteiger partial charge in [0.1, 0.15) is 22.9 Å². The van der Waals surface area contributed by atoms with Crippen molar-refractivity contribution < 1.29 is 14.6 Å². The van der Waals surface area contributed by atoms with Gasteiger partial charge < -0.3 is 15.2 Å². The number of methoxy groups -OCH3 is 1. The van der Waals surface area contributed by atoms with E-state index in [1.54, 1.807) is 7.11 Å². The van der Waals surface area contributed by atoms with E-state index in [1.807, 2.05) is 18.2 Å². The number of ketones is 1. The summed E-state index contributed by atoms with van der Waals surface area (Å²) in [5, 5.41) is 14.0. The Bertz CT molecular complexity index is 769. The number of halogens is 1. The predicted molar refractivity (Wildman–Crippen MR) is 93.9 cm³/mol. The van der Waals surface area contributed by atoms with Gasteiger partial charge in [-0.05, 0) is 36.1 Å². The zero-order valence-corrected chi connectivity index (χ0v) is 14.7. The van der Waals surface area contributed by atoms with E-state index in [4.69, 9.17) is 16.3 Å². The summed E-state index contributed by atoms with van der Waals surface area (Å²) >= 11 is 5.77. The van der Waals surface area contributed by atoms with Crippen molar-refractivity contribution >= 4 is 17.4 Å². The highest BCUT2D eigenvalue weighted by atomic mass is 35.5. The number of rotatable bonds is 6. The van der Waals surface area contributed by atoms with Crippen LogP contribution in [0.4, 0.5) is 0 Å². The van der Waals surface area contributed by atoms with Gasteiger partial charge in [0.25, 0.3) is 0 Å². The van der Waals surface area contributed by atoms with E-state index in [1.165, 1.54) is 23.5 Å². The molecule has 7 heteroatoms. The second-order valence-electron chi connectivity index (χ2n) is 6.08. The zero-order chi connectivity index (χ0) is 17.8. The summed E-state index contributed by atoms with van der Waals surface area (Å²) in [6.45, 7) is 0.670. The van der Waals surface area contributed by atoms with Crippen molar-refractivity contribution in [2.24, 2.45) is 0 Å². The first kappa shape index (κ1) is 17.8. The number of nitrogens with zero attached hydrogens (tertiary/aromatic N) is 2. The molecule has 1 aromatic heterocycles. The molecule has 0 unspecified atom stereocenters. The minimum atomic E-state index is -0.614. The van der Waals surface area contributed by atoms with E-state index in [-0.39, 0.29) is 29.1 Å². The van der Waals surface area contributed by atoms with Gasteiger partial charge in [-0.2, -0.15) is 0 Å². The van der Waals surface area contributed by atoms with Crippen LogP contribution in [0.15, 0.2) is 30.6 Å². The second-order valence-corrected chi connectivity index (χ2v) is 6.47. The predicted octanol–water partition coefficient (Wildman–Crippen LogP) is 2.18. The van der Waals surface area contributed by atoms with E-state index in [2.05, 4.69) is 15.3 Å². The Morgan fingerprint density at radius 1 is 1.40 bits per heavy atom. The SMILES string of the molecule is COc1ccc2c(c1)CN[C@H]([C@H](O)CCC(=O)c1cc(Cl)ncn1)C2. The molecule has 6 nitrogen and oxygen atoms in total. The van der Waals surface area contributed by atoms with Crippen LogP contribution in [0.5, 0.6) is 5.75 Å². The van der Waals surface area contributed by atoms with Crippen molar-refractivity contribution in [1.82, 2.24) is 15.3 Å². The van der Waals surface area contributed by atoms with Gasteiger partial charge in [0.15, 0.2) is 5.78 Å². The number of carbonyl (C=O) groups excluding carboxylic acids is 1. The molecule has 132 valence electrons. The first-order valence-electron chi connectivity index (χ1n) is 8.15. The molecule has 0 spiro atoms. The number of ether oxygens (including phenoxy) is 1. The van der Waals surface area contributed by atoms with Crippen molar-refractivity contribution in [3.05, 3.63) is 52.6 Å². The largest absolute Gasteiger partial charge is 0.497 e. The van der Waals surface area contributed by atoms with Crippen LogP contribution in [-0.2, 0) is 13.0 Å². The second kappa shape index (κ2) is 7.91. The number of nitrogens with one attached hydrogen (secondary N) is 1. The smallest absolute Gasteiger partial charge is 0.181 e. The van der Waals surface area contributed by atoms with Gasteiger partial charge in [-0.1, -0.05) is 17.7 Å². The van der Waals surface area contributed by atoms with Crippen molar-refractivity contribution in [1.29, 1.82) is 0 Å². The highest BCUT2D eigenvalue weighted by Gasteiger charge is 2.25. The maximum atomic E-state index is 12.2. The summed E-state index contributed by atoms with van der Waals surface area (Å²) < 4.78 is 5.24. The van der Waals surface area contributed by atoms with Crippen molar-refractivity contribution in [2.45, 2.75) is 38.0 Å². The molecule has 2 aromatic rings. The Labute approximate surface area is 151 Å². The lowest BCUT2D eigenvalue weighted by Gasteiger charge is -2.30. The van der Waals surface area contributed by atoms with Gasteiger partial charge in [0, 0.05) is 25.1 Å². The maximum absolute atomic E-state index is 12.2. The topological polar surface area (TPSA) is 84.3 Å². The lowest BCUT2D eigenvalue weighted by Crippen LogP contribution is -2.44. The number of aromatic nitrogens is 2. The van der Waals surface area contributed by atoms with Gasteiger partial charge in [-0.3, -0.25) is 4.79 Å². The third-order valence-electron chi connectivity index (χ3n) is 4.46. The minimum Gasteiger partial charge on any atom is -0.497 e. The number of aliphatic hydroxyl groups is 1. The fourth-order valence-corrected chi connectivity index (χ4v) is 3.16. The van der Waals surface area contributed by atoms with Crippen molar-refractivity contribution in [3.63, 3.8) is 0 Å². The van der Waals surface area contributed by atoms with Crippen molar-refractivity contribution in [3.8, 4) is 5.75 Å². The van der Waals surface area contributed by atoms with Gasteiger partial charge in [0.2, 0.25) is 0 Å². The van der Waals surface area contributed by atoms with Crippen LogP contribution in [0.25, 0.3) is 0 Å². The summed E-state index contributed by atoms with van der Waals surface area (Å²) in [7, 11) is 1.65. The number of fused-ring (bicyclic) bond motifs is 1. The molecule has 2 atom stereocenters. The molecule has 25 heavy (non-hydrogen) atoms. The fraction of sp³-hybridized carbons (Fsp3) is 0.389. The zero-order valence-electron chi connectivity index (χ0n) is 13.9. The highest BCUT2D eigenvalue weighted by Crippen LogP contribution is 2.24. The van der Waals surface area contributed by atoms with Crippen LogP contribution in [0.3, 0.4) is 0 Å². The monoisotopic (exact) mass is 361 g/mol. The molecule has 0 bridgehead atoms. The Kier molecular flexibility index (Phi) is 5.63. The molecule has 2 heterocycles. The first-order valence-corrected chi connectivity index (χ1v) is 8.52. The Hall–Kier alpha value is -2.02. The van der Waals surface area contributed by atoms with Gasteiger partial charge >= 0.3 is 0 Å². The van der Waals surface area contributed by atoms with E-state index in [0.717, 1.165) is 5.75 Å². The fourth-order valence-electron chi connectivity index (χ4n) is 3.01. The third kappa shape index (κ3) is 4.34. The summed E-state index contributed by atoms with van der Waals surface area (Å²) in [5.41, 5.74) is 2.65. The molecule has 1 aliphatic heterocycles. The molecule has 0 amide bonds. The van der Waals surface area contributed by atoms with E-state index in [0.29, 0.717) is 19.4 Å². The molecule has 3 rings (SSSR count). The quantitative estimate of drug-likeness (QED) is 0.606. The Morgan fingerprint density at radius 2 is 2.24 bits per heavy atom. The maximum Gasteiger partial charge on any atom is 0.181 e. The molecule has 0 saturated carbocycles. The molecule has 0 aliphatic carbocycles. The van der Waals surface area contributed by atoms with Gasteiger partial charge in [0.05, 0.1) is 13.2 Å². The molecule has 1 aliphatic rings. The molecular formula is C18H20ClN3O3. The summed E-state index contributed by atoms with van der Waals surface area (Å²) in [5.74, 6) is 0.679. The lowest BCUT2D eigenvalue weighted by atomic mass is 9.91. The van der Waals surface area contributed by atoms with E-state index >= 15 is 0 Å². The molecule has 0 saturated heterocycles. The van der Waals surface area contributed by atoms with Gasteiger partial charge in [-0.15, -0.1) is 0 Å². The first-order chi connectivity index (χ1) is 12.1. The molecule has 1 aromatic carbocycles. The van der Waals surface area contributed by atoms with Crippen LogP contribution in [-0.4, -0.2) is 40.1 Å². The molecule has 2 N–H and O–H groups in total.